The molecule has 0 aromatic heterocycles. The lowest BCUT2D eigenvalue weighted by Crippen LogP contribution is -2.57. The van der Waals surface area contributed by atoms with Gasteiger partial charge in [-0.05, 0) is 12.1 Å². The van der Waals surface area contributed by atoms with E-state index < -0.39 is 31.3 Å². The summed E-state index contributed by atoms with van der Waals surface area (Å²) in [5.74, 6) is -0.678. The van der Waals surface area contributed by atoms with Crippen molar-refractivity contribution in [3.05, 3.63) is 33.8 Å². The van der Waals surface area contributed by atoms with Gasteiger partial charge < -0.3 is 20.6 Å². The van der Waals surface area contributed by atoms with Gasteiger partial charge >= 0.3 is 0 Å². The van der Waals surface area contributed by atoms with Gasteiger partial charge in [-0.15, -0.1) is 0 Å². The SMILES string of the molecule is O=C(NC(CO)(CO)CO)c1c(Cl)cccc1Cl. The second kappa shape index (κ2) is 6.36. The predicted molar refractivity (Wildman–Crippen MR) is 67.9 cm³/mol. The molecule has 0 saturated carbocycles. The topological polar surface area (TPSA) is 89.8 Å². The molecule has 1 aromatic carbocycles. The lowest BCUT2D eigenvalue weighted by molar-refractivity contribution is 0.0375. The molecule has 100 valence electrons. The Morgan fingerprint density at radius 1 is 1.11 bits per heavy atom. The zero-order chi connectivity index (χ0) is 13.8. The second-order valence-electron chi connectivity index (χ2n) is 3.81. The van der Waals surface area contributed by atoms with Crippen LogP contribution in [0.5, 0.6) is 0 Å². The summed E-state index contributed by atoms with van der Waals surface area (Å²) in [4.78, 5) is 12.0. The van der Waals surface area contributed by atoms with Gasteiger partial charge in [-0.3, -0.25) is 4.79 Å². The first-order valence-corrected chi connectivity index (χ1v) is 5.84. The Kier molecular flexibility index (Phi) is 5.37. The van der Waals surface area contributed by atoms with E-state index in [0.29, 0.717) is 0 Å². The number of halogens is 2. The van der Waals surface area contributed by atoms with Crippen LogP contribution < -0.4 is 5.32 Å². The molecular formula is C11H13Cl2NO4. The monoisotopic (exact) mass is 293 g/mol. The van der Waals surface area contributed by atoms with Crippen molar-refractivity contribution in [3.63, 3.8) is 0 Å². The molecule has 0 aliphatic rings. The van der Waals surface area contributed by atoms with Crippen LogP contribution in [0.25, 0.3) is 0 Å². The highest BCUT2D eigenvalue weighted by Crippen LogP contribution is 2.24. The lowest BCUT2D eigenvalue weighted by Gasteiger charge is -2.28. The van der Waals surface area contributed by atoms with Crippen molar-refractivity contribution >= 4 is 29.1 Å². The second-order valence-corrected chi connectivity index (χ2v) is 4.62. The van der Waals surface area contributed by atoms with Crippen LogP contribution in [0.2, 0.25) is 10.0 Å². The summed E-state index contributed by atoms with van der Waals surface area (Å²) in [5.41, 5.74) is -1.49. The molecule has 0 unspecified atom stereocenters. The van der Waals surface area contributed by atoms with Crippen LogP contribution in [0.4, 0.5) is 0 Å². The number of amides is 1. The quantitative estimate of drug-likeness (QED) is 0.634. The van der Waals surface area contributed by atoms with Crippen LogP contribution in [0.15, 0.2) is 18.2 Å². The fourth-order valence-corrected chi connectivity index (χ4v) is 1.86. The molecule has 0 saturated heterocycles. The van der Waals surface area contributed by atoms with Crippen molar-refractivity contribution in [3.8, 4) is 0 Å². The molecule has 0 aliphatic heterocycles. The summed E-state index contributed by atoms with van der Waals surface area (Å²) in [6, 6.07) is 4.56. The van der Waals surface area contributed by atoms with Crippen molar-refractivity contribution in [2.45, 2.75) is 5.54 Å². The van der Waals surface area contributed by atoms with E-state index in [2.05, 4.69) is 5.32 Å². The lowest BCUT2D eigenvalue weighted by atomic mass is 10.0. The number of hydrogen-bond acceptors (Lipinski definition) is 4. The third-order valence-corrected chi connectivity index (χ3v) is 3.11. The third kappa shape index (κ3) is 3.13. The molecular weight excluding hydrogens is 281 g/mol. The van der Waals surface area contributed by atoms with E-state index in [1.807, 2.05) is 0 Å². The summed E-state index contributed by atoms with van der Waals surface area (Å²) in [6.45, 7) is -1.85. The first-order valence-electron chi connectivity index (χ1n) is 5.09. The first kappa shape index (κ1) is 15.2. The normalized spacial score (nSPS) is 11.4. The van der Waals surface area contributed by atoms with Crippen molar-refractivity contribution in [2.24, 2.45) is 0 Å². The van der Waals surface area contributed by atoms with Crippen LogP contribution in [0, 0.1) is 0 Å². The molecule has 5 nitrogen and oxygen atoms in total. The van der Waals surface area contributed by atoms with Gasteiger partial charge in [-0.2, -0.15) is 0 Å². The van der Waals surface area contributed by atoms with Gasteiger partial charge in [0.2, 0.25) is 0 Å². The minimum atomic E-state index is -1.51. The summed E-state index contributed by atoms with van der Waals surface area (Å²) >= 11 is 11.7. The average molecular weight is 294 g/mol. The van der Waals surface area contributed by atoms with E-state index in [1.165, 1.54) is 12.1 Å². The van der Waals surface area contributed by atoms with E-state index in [4.69, 9.17) is 38.5 Å². The van der Waals surface area contributed by atoms with Gasteiger partial charge in [0.05, 0.1) is 35.4 Å². The van der Waals surface area contributed by atoms with Gasteiger partial charge in [-0.25, -0.2) is 0 Å². The third-order valence-electron chi connectivity index (χ3n) is 2.48. The first-order chi connectivity index (χ1) is 8.49. The Balaban J connectivity index is 3.02. The van der Waals surface area contributed by atoms with Crippen LogP contribution in [0.3, 0.4) is 0 Å². The van der Waals surface area contributed by atoms with Gasteiger partial charge in [-0.1, -0.05) is 29.3 Å². The summed E-state index contributed by atoms with van der Waals surface area (Å²) in [6.07, 6.45) is 0. The molecule has 18 heavy (non-hydrogen) atoms. The van der Waals surface area contributed by atoms with Gasteiger partial charge in [0.25, 0.3) is 5.91 Å². The van der Waals surface area contributed by atoms with E-state index >= 15 is 0 Å². The zero-order valence-electron chi connectivity index (χ0n) is 9.36. The molecule has 1 aromatic rings. The fourth-order valence-electron chi connectivity index (χ4n) is 1.29. The smallest absolute Gasteiger partial charge is 0.254 e. The number of rotatable bonds is 5. The largest absolute Gasteiger partial charge is 0.394 e. The van der Waals surface area contributed by atoms with Crippen LogP contribution >= 0.6 is 23.2 Å². The molecule has 0 bridgehead atoms. The van der Waals surface area contributed by atoms with Crippen molar-refractivity contribution in [2.75, 3.05) is 19.8 Å². The molecule has 0 radical (unpaired) electrons. The standard InChI is InChI=1S/C11H13Cl2NO4/c12-7-2-1-3-8(13)9(7)10(18)14-11(4-15,5-16)6-17/h1-3,15-17H,4-6H2,(H,14,18). The van der Waals surface area contributed by atoms with Crippen molar-refractivity contribution in [1.29, 1.82) is 0 Å². The van der Waals surface area contributed by atoms with Crippen molar-refractivity contribution in [1.82, 2.24) is 5.32 Å². The van der Waals surface area contributed by atoms with E-state index in [0.717, 1.165) is 0 Å². The molecule has 4 N–H and O–H groups in total. The maximum absolute atomic E-state index is 12.0. The number of nitrogens with one attached hydrogen (secondary N) is 1. The molecule has 0 aliphatic carbocycles. The van der Waals surface area contributed by atoms with E-state index in [1.54, 1.807) is 6.07 Å². The van der Waals surface area contributed by atoms with Gasteiger partial charge in [0, 0.05) is 0 Å². The Morgan fingerprint density at radius 3 is 1.94 bits per heavy atom. The molecule has 1 rings (SSSR count). The number of benzene rings is 1. The van der Waals surface area contributed by atoms with Crippen LogP contribution in [-0.4, -0.2) is 46.6 Å². The van der Waals surface area contributed by atoms with Gasteiger partial charge in [0.15, 0.2) is 0 Å². The average Bonchev–Trinajstić information content (AvgIpc) is 2.36. The highest BCUT2D eigenvalue weighted by Gasteiger charge is 2.31. The molecule has 0 atom stereocenters. The van der Waals surface area contributed by atoms with E-state index in [9.17, 15) is 4.79 Å². The van der Waals surface area contributed by atoms with Crippen LogP contribution in [-0.2, 0) is 0 Å². The highest BCUT2D eigenvalue weighted by molar-refractivity contribution is 6.39. The predicted octanol–water partition coefficient (Wildman–Crippen LogP) is 0.439. The number of aliphatic hydroxyl groups is 3. The molecule has 1 amide bonds. The van der Waals surface area contributed by atoms with Crippen LogP contribution in [0.1, 0.15) is 10.4 Å². The fraction of sp³-hybridized carbons (Fsp3) is 0.364. The number of aliphatic hydroxyl groups excluding tert-OH is 3. The molecule has 0 spiro atoms. The zero-order valence-corrected chi connectivity index (χ0v) is 10.9. The number of hydrogen-bond donors (Lipinski definition) is 4. The van der Waals surface area contributed by atoms with E-state index in [-0.39, 0.29) is 15.6 Å². The summed E-state index contributed by atoms with van der Waals surface area (Å²) < 4.78 is 0. The molecule has 0 heterocycles. The van der Waals surface area contributed by atoms with Gasteiger partial charge in [0.1, 0.15) is 5.54 Å². The Hall–Kier alpha value is -0.850. The Morgan fingerprint density at radius 2 is 1.56 bits per heavy atom. The maximum Gasteiger partial charge on any atom is 0.254 e. The maximum atomic E-state index is 12.0. The Bertz CT molecular complexity index is 407. The minimum Gasteiger partial charge on any atom is -0.394 e. The number of carbonyl (C=O) groups excluding carboxylic acids is 1. The minimum absolute atomic E-state index is 0.0283. The Labute approximate surface area is 114 Å². The molecule has 0 fully saturated rings. The van der Waals surface area contributed by atoms with Crippen molar-refractivity contribution < 1.29 is 20.1 Å². The summed E-state index contributed by atoms with van der Waals surface area (Å²) in [7, 11) is 0. The number of carbonyl (C=O) groups is 1. The molecule has 7 heteroatoms. The summed E-state index contributed by atoms with van der Waals surface area (Å²) in [5, 5.41) is 29.9. The highest BCUT2D eigenvalue weighted by atomic mass is 35.5.